The number of rotatable bonds is 14. The van der Waals surface area contributed by atoms with E-state index in [4.69, 9.17) is 4.74 Å². The zero-order chi connectivity index (χ0) is 23.6. The van der Waals surface area contributed by atoms with Crippen LogP contribution in [0, 0.1) is 0 Å². The van der Waals surface area contributed by atoms with Gasteiger partial charge in [0.1, 0.15) is 12.4 Å². The zero-order valence-corrected chi connectivity index (χ0v) is 19.8. The molecule has 0 unspecified atom stereocenters. The minimum atomic E-state index is -0.950. The third-order valence-electron chi connectivity index (χ3n) is 6.08. The summed E-state index contributed by atoms with van der Waals surface area (Å²) in [7, 11) is 0. The molecule has 0 bridgehead atoms. The van der Waals surface area contributed by atoms with Crippen LogP contribution in [0.15, 0.2) is 48.7 Å². The van der Waals surface area contributed by atoms with Crippen molar-refractivity contribution in [2.45, 2.75) is 71.8 Å². The zero-order valence-electron chi connectivity index (χ0n) is 19.8. The van der Waals surface area contributed by atoms with E-state index in [-0.39, 0.29) is 24.5 Å². The molecule has 0 atom stereocenters. The monoisotopic (exact) mass is 449 g/mol. The van der Waals surface area contributed by atoms with E-state index < -0.39 is 5.97 Å². The smallest absolute Gasteiger partial charge is 0.335 e. The number of aromatic carboxylic acids is 1. The van der Waals surface area contributed by atoms with Gasteiger partial charge in [-0.3, -0.25) is 4.79 Å². The number of ketones is 1. The summed E-state index contributed by atoms with van der Waals surface area (Å²) in [6.07, 6.45) is 11.5. The lowest BCUT2D eigenvalue weighted by atomic mass is 10.0. The predicted octanol–water partition coefficient (Wildman–Crippen LogP) is 6.45. The molecular formula is C28H35NO4. The standard InChI is InChI=1S/C28H35NO4/c1-3-5-6-7-8-9-10-21-11-14-25(15-12-21)33-20-24(30)19-29-18-22(4-2)26-17-23(28(31)32)13-16-27(26)29/h11-18H,3-10,19-20H2,1-2H3,(H,31,32). The molecule has 176 valence electrons. The molecular weight excluding hydrogens is 414 g/mol. The molecule has 0 saturated heterocycles. The third kappa shape index (κ3) is 6.95. The fraction of sp³-hybridized carbons (Fsp3) is 0.429. The highest BCUT2D eigenvalue weighted by molar-refractivity contribution is 5.95. The quantitative estimate of drug-likeness (QED) is 0.287. The number of unbranched alkanes of at least 4 members (excludes halogenated alkanes) is 5. The van der Waals surface area contributed by atoms with Crippen molar-refractivity contribution >= 4 is 22.7 Å². The number of aromatic nitrogens is 1. The van der Waals surface area contributed by atoms with E-state index in [2.05, 4.69) is 19.1 Å². The van der Waals surface area contributed by atoms with Gasteiger partial charge in [-0.05, 0) is 60.7 Å². The molecule has 0 fully saturated rings. The maximum atomic E-state index is 12.6. The first kappa shape index (κ1) is 24.6. The van der Waals surface area contributed by atoms with Crippen molar-refractivity contribution in [1.29, 1.82) is 0 Å². The second kappa shape index (κ2) is 12.2. The van der Waals surface area contributed by atoms with Gasteiger partial charge in [-0.2, -0.15) is 0 Å². The Balaban J connectivity index is 1.51. The third-order valence-corrected chi connectivity index (χ3v) is 6.08. The first-order valence-electron chi connectivity index (χ1n) is 12.1. The molecule has 0 aliphatic rings. The highest BCUT2D eigenvalue weighted by atomic mass is 16.5. The fourth-order valence-electron chi connectivity index (χ4n) is 4.18. The van der Waals surface area contributed by atoms with Gasteiger partial charge in [0, 0.05) is 17.1 Å². The lowest BCUT2D eigenvalue weighted by molar-refractivity contribution is -0.121. The maximum absolute atomic E-state index is 12.6. The summed E-state index contributed by atoms with van der Waals surface area (Å²) >= 11 is 0. The summed E-state index contributed by atoms with van der Waals surface area (Å²) in [5.74, 6) is -0.282. The molecule has 1 aromatic heterocycles. The maximum Gasteiger partial charge on any atom is 0.335 e. The van der Waals surface area contributed by atoms with Gasteiger partial charge in [-0.25, -0.2) is 4.79 Å². The van der Waals surface area contributed by atoms with Crippen LogP contribution in [0.3, 0.4) is 0 Å². The second-order valence-electron chi connectivity index (χ2n) is 8.66. The summed E-state index contributed by atoms with van der Waals surface area (Å²) in [5, 5.41) is 10.1. The van der Waals surface area contributed by atoms with Crippen molar-refractivity contribution in [3.8, 4) is 5.75 Å². The average molecular weight is 450 g/mol. The van der Waals surface area contributed by atoms with E-state index in [1.54, 1.807) is 18.2 Å². The number of carboxylic acid groups (broad SMARTS) is 1. The number of aryl methyl sites for hydroxylation is 2. The van der Waals surface area contributed by atoms with Crippen molar-refractivity contribution in [3.05, 3.63) is 65.4 Å². The Morgan fingerprint density at radius 2 is 1.67 bits per heavy atom. The minimum absolute atomic E-state index is 0.00508. The van der Waals surface area contributed by atoms with E-state index in [9.17, 15) is 14.7 Å². The minimum Gasteiger partial charge on any atom is -0.486 e. The van der Waals surface area contributed by atoms with Gasteiger partial charge < -0.3 is 14.4 Å². The molecule has 0 radical (unpaired) electrons. The molecule has 5 heteroatoms. The Bertz CT molecular complexity index is 1070. The first-order valence-corrected chi connectivity index (χ1v) is 12.1. The summed E-state index contributed by atoms with van der Waals surface area (Å²) in [6, 6.07) is 13.1. The van der Waals surface area contributed by atoms with Crippen molar-refractivity contribution in [2.24, 2.45) is 0 Å². The van der Waals surface area contributed by atoms with Crippen molar-refractivity contribution in [1.82, 2.24) is 4.57 Å². The Kier molecular flexibility index (Phi) is 9.11. The van der Waals surface area contributed by atoms with Crippen LogP contribution in [-0.2, 0) is 24.2 Å². The van der Waals surface area contributed by atoms with Crippen molar-refractivity contribution in [3.63, 3.8) is 0 Å². The number of fused-ring (bicyclic) bond motifs is 1. The number of ether oxygens (including phenoxy) is 1. The van der Waals surface area contributed by atoms with Crippen LogP contribution in [0.4, 0.5) is 0 Å². The molecule has 1 N–H and O–H groups in total. The molecule has 0 saturated carbocycles. The molecule has 3 rings (SSSR count). The summed E-state index contributed by atoms with van der Waals surface area (Å²) in [4.78, 5) is 23.9. The molecule has 0 amide bonds. The fourth-order valence-corrected chi connectivity index (χ4v) is 4.18. The van der Waals surface area contributed by atoms with Gasteiger partial charge in [0.25, 0.3) is 0 Å². The highest BCUT2D eigenvalue weighted by Crippen LogP contribution is 2.24. The number of carbonyl (C=O) groups excluding carboxylic acids is 1. The molecule has 0 aliphatic carbocycles. The number of benzene rings is 2. The lowest BCUT2D eigenvalue weighted by Crippen LogP contribution is -2.17. The largest absolute Gasteiger partial charge is 0.486 e. The van der Waals surface area contributed by atoms with Crippen LogP contribution < -0.4 is 4.74 Å². The number of hydrogen-bond acceptors (Lipinski definition) is 3. The normalized spacial score (nSPS) is 11.1. The topological polar surface area (TPSA) is 68.5 Å². The van der Waals surface area contributed by atoms with Crippen LogP contribution in [0.5, 0.6) is 5.75 Å². The Morgan fingerprint density at radius 1 is 0.939 bits per heavy atom. The average Bonchev–Trinajstić information content (AvgIpc) is 3.17. The van der Waals surface area contributed by atoms with Gasteiger partial charge in [0.2, 0.25) is 0 Å². The Labute approximate surface area is 196 Å². The van der Waals surface area contributed by atoms with Gasteiger partial charge in [-0.1, -0.05) is 58.1 Å². The van der Waals surface area contributed by atoms with Gasteiger partial charge in [0.05, 0.1) is 12.1 Å². The number of hydrogen-bond donors (Lipinski definition) is 1. The van der Waals surface area contributed by atoms with Crippen LogP contribution in [0.2, 0.25) is 0 Å². The molecule has 0 spiro atoms. The summed E-state index contributed by atoms with van der Waals surface area (Å²) < 4.78 is 7.60. The van der Waals surface area contributed by atoms with Crippen LogP contribution in [-0.4, -0.2) is 28.0 Å². The molecule has 0 aliphatic heterocycles. The Hall–Kier alpha value is -3.08. The molecule has 33 heavy (non-hydrogen) atoms. The Morgan fingerprint density at radius 3 is 2.36 bits per heavy atom. The molecule has 2 aromatic carbocycles. The molecule has 3 aromatic rings. The predicted molar refractivity (Wildman–Crippen MR) is 132 cm³/mol. The highest BCUT2D eigenvalue weighted by Gasteiger charge is 2.13. The number of carbonyl (C=O) groups is 2. The van der Waals surface area contributed by atoms with Gasteiger partial charge in [-0.15, -0.1) is 0 Å². The first-order chi connectivity index (χ1) is 16.0. The summed E-state index contributed by atoms with van der Waals surface area (Å²) in [6.45, 7) is 4.46. The summed E-state index contributed by atoms with van der Waals surface area (Å²) in [5.41, 5.74) is 3.45. The van der Waals surface area contributed by atoms with Crippen molar-refractivity contribution in [2.75, 3.05) is 6.61 Å². The van der Waals surface area contributed by atoms with Gasteiger partial charge in [0.15, 0.2) is 5.78 Å². The second-order valence-corrected chi connectivity index (χ2v) is 8.66. The van der Waals surface area contributed by atoms with E-state index in [1.807, 2.05) is 29.8 Å². The molecule has 5 nitrogen and oxygen atoms in total. The number of Topliss-reactive ketones (excluding diaryl/α,β-unsaturated/α-hetero) is 1. The van der Waals surface area contributed by atoms with E-state index >= 15 is 0 Å². The van der Waals surface area contributed by atoms with Crippen LogP contribution >= 0.6 is 0 Å². The van der Waals surface area contributed by atoms with Gasteiger partial charge >= 0.3 is 5.97 Å². The van der Waals surface area contributed by atoms with Crippen molar-refractivity contribution < 1.29 is 19.4 Å². The number of nitrogens with zero attached hydrogens (tertiary/aromatic N) is 1. The van der Waals surface area contributed by atoms with E-state index in [1.165, 1.54) is 44.1 Å². The number of carboxylic acids is 1. The van der Waals surface area contributed by atoms with Crippen LogP contribution in [0.25, 0.3) is 10.9 Å². The molecule has 1 heterocycles. The SMILES string of the molecule is CCCCCCCCc1ccc(OCC(=O)Cn2cc(CC)c3cc(C(=O)O)ccc32)cc1. The lowest BCUT2D eigenvalue weighted by Gasteiger charge is -2.08. The van der Waals surface area contributed by atoms with Crippen LogP contribution in [0.1, 0.15) is 73.9 Å². The van der Waals surface area contributed by atoms with E-state index in [0.29, 0.717) is 5.75 Å². The van der Waals surface area contributed by atoms with E-state index in [0.717, 1.165) is 29.3 Å².